The fourth-order valence-electron chi connectivity index (χ4n) is 0.696. The van der Waals surface area contributed by atoms with E-state index in [1.165, 1.54) is 0 Å². The molecule has 3 nitrogen and oxygen atoms in total. The Morgan fingerprint density at radius 3 is 2.50 bits per heavy atom. The normalized spacial score (nSPS) is 17.8. The van der Waals surface area contributed by atoms with Crippen molar-refractivity contribution in [1.29, 1.82) is 0 Å². The number of carbonyl (C=O) groups is 1. The van der Waals surface area contributed by atoms with Gasteiger partial charge in [0.05, 0.1) is 5.92 Å². The van der Waals surface area contributed by atoms with Gasteiger partial charge in [-0.15, -0.1) is 6.58 Å². The lowest BCUT2D eigenvalue weighted by Crippen LogP contribution is -2.27. The number of hydrogen-bond donors (Lipinski definition) is 1. The van der Waals surface area contributed by atoms with Crippen molar-refractivity contribution in [2.45, 2.75) is 19.1 Å². The van der Waals surface area contributed by atoms with Crippen LogP contribution in [-0.4, -0.2) is 26.3 Å². The van der Waals surface area contributed by atoms with E-state index in [0.29, 0.717) is 5.75 Å². The zero-order valence-corrected chi connectivity index (χ0v) is 8.13. The Morgan fingerprint density at radius 1 is 1.67 bits per heavy atom. The van der Waals surface area contributed by atoms with E-state index in [9.17, 15) is 9.00 Å². The van der Waals surface area contributed by atoms with E-state index in [1.54, 1.807) is 19.9 Å². The molecule has 0 heterocycles. The van der Waals surface area contributed by atoms with Crippen LogP contribution in [0.2, 0.25) is 0 Å². The Balaban J connectivity index is 4.17. The lowest BCUT2D eigenvalue weighted by molar-refractivity contribution is -0.141. The molecule has 0 fully saturated rings. The molecule has 1 unspecified atom stereocenters. The summed E-state index contributed by atoms with van der Waals surface area (Å²) in [6, 6.07) is 0. The minimum atomic E-state index is -1.11. The molecule has 70 valence electrons. The average molecular weight is 190 g/mol. The van der Waals surface area contributed by atoms with Crippen molar-refractivity contribution in [3.05, 3.63) is 12.7 Å². The summed E-state index contributed by atoms with van der Waals surface area (Å²) in [7, 11) is -1.11. The summed E-state index contributed by atoms with van der Waals surface area (Å²) in [5.41, 5.74) is 0. The summed E-state index contributed by atoms with van der Waals surface area (Å²) < 4.78 is 11.3. The molecule has 0 aromatic heterocycles. The van der Waals surface area contributed by atoms with Gasteiger partial charge >= 0.3 is 5.97 Å². The fourth-order valence-corrected chi connectivity index (χ4v) is 1.80. The van der Waals surface area contributed by atoms with Crippen molar-refractivity contribution in [1.82, 2.24) is 0 Å². The quantitative estimate of drug-likeness (QED) is 0.659. The van der Waals surface area contributed by atoms with Crippen molar-refractivity contribution in [2.24, 2.45) is 5.92 Å². The second kappa shape index (κ2) is 5.09. The largest absolute Gasteiger partial charge is 0.481 e. The molecule has 0 aliphatic heterocycles. The average Bonchev–Trinajstić information content (AvgIpc) is 2.02. The highest BCUT2D eigenvalue weighted by Gasteiger charge is 2.23. The van der Waals surface area contributed by atoms with E-state index < -0.39 is 22.7 Å². The van der Waals surface area contributed by atoms with Gasteiger partial charge in [-0.25, -0.2) is 0 Å². The highest BCUT2D eigenvalue weighted by molar-refractivity contribution is 7.85. The van der Waals surface area contributed by atoms with Gasteiger partial charge in [-0.1, -0.05) is 13.0 Å². The molecule has 0 saturated carbocycles. The molecule has 0 aliphatic rings. The van der Waals surface area contributed by atoms with E-state index in [-0.39, 0.29) is 5.25 Å². The third kappa shape index (κ3) is 3.17. The second-order valence-electron chi connectivity index (χ2n) is 2.67. The van der Waals surface area contributed by atoms with Gasteiger partial charge < -0.3 is 5.11 Å². The summed E-state index contributed by atoms with van der Waals surface area (Å²) in [5, 5.41) is 8.29. The first kappa shape index (κ1) is 11.4. The first-order valence-electron chi connectivity index (χ1n) is 3.71. The van der Waals surface area contributed by atoms with E-state index in [1.807, 2.05) is 0 Å². The van der Waals surface area contributed by atoms with Crippen LogP contribution < -0.4 is 0 Å². The standard InChI is InChI=1S/C8H14O3S/c1-4-5-12(11)7(3)6(2)8(9)10/h4,6-7H,1,5H2,2-3H3,(H,9,10)/t6-,7-,12?/m0/s1. The summed E-state index contributed by atoms with van der Waals surface area (Å²) in [6.45, 7) is 6.69. The van der Waals surface area contributed by atoms with Crippen LogP contribution in [0, 0.1) is 5.92 Å². The number of aliphatic carboxylic acids is 1. The van der Waals surface area contributed by atoms with Gasteiger partial charge in [0.1, 0.15) is 0 Å². The molecule has 0 bridgehead atoms. The topological polar surface area (TPSA) is 54.4 Å². The van der Waals surface area contributed by atoms with Gasteiger partial charge in [0, 0.05) is 21.8 Å². The SMILES string of the molecule is C=CCS(=O)[C@@H](C)[C@H](C)C(=O)O. The maximum atomic E-state index is 11.3. The summed E-state index contributed by atoms with van der Waals surface area (Å²) in [5.74, 6) is -1.11. The van der Waals surface area contributed by atoms with Crippen molar-refractivity contribution < 1.29 is 14.1 Å². The highest BCUT2D eigenvalue weighted by Crippen LogP contribution is 2.09. The molecule has 4 heteroatoms. The number of carboxylic acid groups (broad SMARTS) is 1. The third-order valence-electron chi connectivity index (χ3n) is 1.79. The number of carboxylic acids is 1. The molecule has 12 heavy (non-hydrogen) atoms. The van der Waals surface area contributed by atoms with Gasteiger partial charge in [0.15, 0.2) is 0 Å². The molecule has 0 aromatic rings. The molecule has 0 rings (SSSR count). The third-order valence-corrected chi connectivity index (χ3v) is 3.59. The van der Waals surface area contributed by atoms with Gasteiger partial charge in [-0.3, -0.25) is 9.00 Å². The number of hydrogen-bond acceptors (Lipinski definition) is 2. The molecule has 0 spiro atoms. The molecule has 0 aliphatic carbocycles. The zero-order valence-electron chi connectivity index (χ0n) is 7.32. The van der Waals surface area contributed by atoms with Gasteiger partial charge in [0.25, 0.3) is 0 Å². The Morgan fingerprint density at radius 2 is 2.17 bits per heavy atom. The smallest absolute Gasteiger partial charge is 0.307 e. The van der Waals surface area contributed by atoms with E-state index in [0.717, 1.165) is 0 Å². The fraction of sp³-hybridized carbons (Fsp3) is 0.625. The van der Waals surface area contributed by atoms with Crippen LogP contribution in [-0.2, 0) is 15.6 Å². The summed E-state index contributed by atoms with van der Waals surface area (Å²) in [4.78, 5) is 10.5. The Hall–Kier alpha value is -0.640. The first-order valence-corrected chi connectivity index (χ1v) is 5.09. The van der Waals surface area contributed by atoms with Crippen LogP contribution >= 0.6 is 0 Å². The Bertz CT molecular complexity index is 200. The van der Waals surface area contributed by atoms with E-state index in [4.69, 9.17) is 5.11 Å². The molecular weight excluding hydrogens is 176 g/mol. The van der Waals surface area contributed by atoms with Crippen LogP contribution in [0.15, 0.2) is 12.7 Å². The minimum absolute atomic E-state index is 0.319. The van der Waals surface area contributed by atoms with Crippen LogP contribution in [0.3, 0.4) is 0 Å². The molecule has 0 aromatic carbocycles. The van der Waals surface area contributed by atoms with Crippen LogP contribution in [0.1, 0.15) is 13.8 Å². The predicted octanol–water partition coefficient (Wildman–Crippen LogP) is 1.03. The minimum Gasteiger partial charge on any atom is -0.481 e. The van der Waals surface area contributed by atoms with E-state index >= 15 is 0 Å². The zero-order chi connectivity index (χ0) is 9.72. The molecular formula is C8H14O3S. The van der Waals surface area contributed by atoms with Gasteiger partial charge in [-0.2, -0.15) is 0 Å². The molecule has 0 radical (unpaired) electrons. The molecule has 0 amide bonds. The highest BCUT2D eigenvalue weighted by atomic mass is 32.2. The summed E-state index contributed by atoms with van der Waals surface area (Å²) in [6.07, 6.45) is 1.54. The van der Waals surface area contributed by atoms with E-state index in [2.05, 4.69) is 6.58 Å². The lowest BCUT2D eigenvalue weighted by Gasteiger charge is -2.13. The molecule has 3 atom stereocenters. The van der Waals surface area contributed by atoms with Gasteiger partial charge in [0.2, 0.25) is 0 Å². The maximum absolute atomic E-state index is 11.3. The predicted molar refractivity (Wildman–Crippen MR) is 49.5 cm³/mol. The van der Waals surface area contributed by atoms with Crippen molar-refractivity contribution in [2.75, 3.05) is 5.75 Å². The van der Waals surface area contributed by atoms with Crippen molar-refractivity contribution in [3.8, 4) is 0 Å². The van der Waals surface area contributed by atoms with Crippen LogP contribution in [0.4, 0.5) is 0 Å². The molecule has 1 N–H and O–H groups in total. The second-order valence-corrected chi connectivity index (χ2v) is 4.51. The molecule has 0 saturated heterocycles. The summed E-state index contributed by atoms with van der Waals surface area (Å²) >= 11 is 0. The lowest BCUT2D eigenvalue weighted by atomic mass is 10.1. The van der Waals surface area contributed by atoms with Crippen molar-refractivity contribution in [3.63, 3.8) is 0 Å². The van der Waals surface area contributed by atoms with Crippen LogP contribution in [0.25, 0.3) is 0 Å². The van der Waals surface area contributed by atoms with Crippen molar-refractivity contribution >= 4 is 16.8 Å². The monoisotopic (exact) mass is 190 g/mol. The Labute approximate surface area is 74.9 Å². The van der Waals surface area contributed by atoms with Gasteiger partial charge in [-0.05, 0) is 6.92 Å². The van der Waals surface area contributed by atoms with Crippen LogP contribution in [0.5, 0.6) is 0 Å². The maximum Gasteiger partial charge on any atom is 0.307 e. The number of rotatable bonds is 5. The Kier molecular flexibility index (Phi) is 4.81. The first-order chi connectivity index (χ1) is 5.50.